The van der Waals surface area contributed by atoms with Crippen molar-refractivity contribution in [2.45, 2.75) is 171 Å². The molecular formula is C59H79F6N11O6Si2. The van der Waals surface area contributed by atoms with Gasteiger partial charge >= 0.3 is 12.4 Å². The number of ether oxygens (including phenoxy) is 3. The SMILES string of the molecule is C=C(OCC)c1c(C2C[C@H]3CC[C@@H](C2)C3)nc2c(-c3ccc(C(O)C(F)(F)F)nc3)cnn2c1N(COCC[Si](C)(C)C)COCC[Si](C)(C)C.CC(=O)c1c(C2C[C@H]3CC[C@@H](C2)N3)nc2c(-c3ccc(C(O)C(F)(F)F)nc3)cnn2c1N. The van der Waals surface area contributed by atoms with E-state index in [2.05, 4.69) is 71.1 Å². The van der Waals surface area contributed by atoms with Crippen molar-refractivity contribution < 1.29 is 55.6 Å². The molecule has 10 rings (SSSR count). The number of aromatic nitrogens is 8. The fraction of sp³-hybridized carbons (Fsp3) is 0.576. The molecule has 17 nitrogen and oxygen atoms in total. The Morgan fingerprint density at radius 1 is 0.714 bits per heavy atom. The highest BCUT2D eigenvalue weighted by Crippen LogP contribution is 2.51. The van der Waals surface area contributed by atoms with Gasteiger partial charge in [-0.25, -0.2) is 9.97 Å². The number of halogens is 6. The van der Waals surface area contributed by atoms with Gasteiger partial charge in [0.15, 0.2) is 29.3 Å². The van der Waals surface area contributed by atoms with Crippen LogP contribution in [0.4, 0.5) is 38.0 Å². The molecule has 84 heavy (non-hydrogen) atoms. The van der Waals surface area contributed by atoms with Gasteiger partial charge in [0.25, 0.3) is 0 Å². The second-order valence-corrected chi connectivity index (χ2v) is 36.8. The summed E-state index contributed by atoms with van der Waals surface area (Å²) in [4.78, 5) is 32.5. The lowest BCUT2D eigenvalue weighted by Crippen LogP contribution is -2.38. The number of aliphatic hydroxyl groups is 2. The van der Waals surface area contributed by atoms with Crippen molar-refractivity contribution >= 4 is 50.6 Å². The number of piperidine rings is 1. The molecule has 0 spiro atoms. The number of nitrogens with two attached hydrogens (primary N) is 1. The van der Waals surface area contributed by atoms with Gasteiger partial charge in [0.05, 0.1) is 52.9 Å². The number of ketones is 1. The number of fused-ring (bicyclic) bond motifs is 6. The van der Waals surface area contributed by atoms with Gasteiger partial charge in [0.2, 0.25) is 0 Å². The number of anilines is 2. The molecule has 25 heteroatoms. The maximum Gasteiger partial charge on any atom is 0.420 e. The number of rotatable bonds is 21. The zero-order valence-corrected chi connectivity index (χ0v) is 51.2. The summed E-state index contributed by atoms with van der Waals surface area (Å²) in [6.07, 6.45) is 0.396. The average molecular weight is 1210 g/mol. The quantitative estimate of drug-likeness (QED) is 0.0132. The van der Waals surface area contributed by atoms with Crippen LogP contribution in [-0.2, 0) is 14.2 Å². The zero-order valence-electron chi connectivity index (χ0n) is 49.2. The lowest BCUT2D eigenvalue weighted by atomic mass is 9.78. The fourth-order valence-electron chi connectivity index (χ4n) is 12.3. The number of Topliss-reactive ketones (excluding diaryl/α,β-unsaturated/α-hetero) is 1. The zero-order chi connectivity index (χ0) is 60.6. The Hall–Kier alpha value is -5.84. The standard InChI is InChI=1S/C37H56F3N5O4Si2.C22H23F3N6O2/c1-9-49-25(2)32-33(29-19-26-10-11-27(18-26)20-29)43-35-30(28-12-13-31(41-21-28)34(46)37(38,39)40)22-42-45(35)36(32)44(23-47-14-16-50(3,4)5)24-48-15-17-51(6,7)8;1-10(32)17-18(12-6-13-3-4-14(7-12)29-13)30-21-15(9-28-31(21)20(17)26)11-2-5-16(27-8-11)19(33)22(23,24)25/h12-13,21-22,26-27,29,34,46H,2,9-11,14-20,23-24H2,1,3-8H3;2,5,8-9,12-14,19,29,33H,3-4,6-7,26H2,1H3/t26-,27+,29?,34?;12?,13-,14+,19?. The third-order valence-corrected chi connectivity index (χ3v) is 20.0. The van der Waals surface area contributed by atoms with Gasteiger partial charge in [-0.3, -0.25) is 14.8 Å². The predicted molar refractivity (Wildman–Crippen MR) is 315 cm³/mol. The average Bonchev–Trinajstić information content (AvgIpc) is 1.76. The number of aliphatic hydroxyl groups excluding tert-OH is 2. The lowest BCUT2D eigenvalue weighted by Gasteiger charge is -2.33. The second-order valence-electron chi connectivity index (χ2n) is 25.5. The van der Waals surface area contributed by atoms with Gasteiger partial charge in [-0.2, -0.15) is 45.6 Å². The Bertz CT molecular complexity index is 3250. The van der Waals surface area contributed by atoms with Gasteiger partial charge in [0.1, 0.15) is 30.9 Å². The number of carbonyl (C=O) groups excluding carboxylic acids is 1. The third-order valence-electron chi connectivity index (χ3n) is 16.6. The molecule has 4 fully saturated rings. The Balaban J connectivity index is 0.000000220. The van der Waals surface area contributed by atoms with Crippen LogP contribution >= 0.6 is 0 Å². The van der Waals surface area contributed by atoms with E-state index < -0.39 is 52.1 Å². The van der Waals surface area contributed by atoms with E-state index >= 15 is 0 Å². The minimum atomic E-state index is -4.82. The Kier molecular flexibility index (Phi) is 18.8. The van der Waals surface area contributed by atoms with Crippen LogP contribution < -0.4 is 16.0 Å². The molecule has 4 aliphatic rings. The number of hydrogen-bond donors (Lipinski definition) is 4. The fourth-order valence-corrected chi connectivity index (χ4v) is 13.8. The molecular weight excluding hydrogens is 1130 g/mol. The smallest absolute Gasteiger partial charge is 0.420 e. The highest BCUT2D eigenvalue weighted by atomic mass is 28.3. The summed E-state index contributed by atoms with van der Waals surface area (Å²) in [5.74, 6) is 2.72. The van der Waals surface area contributed by atoms with Crippen LogP contribution in [0.3, 0.4) is 0 Å². The van der Waals surface area contributed by atoms with Crippen LogP contribution in [0.2, 0.25) is 51.4 Å². The molecule has 2 saturated carbocycles. The van der Waals surface area contributed by atoms with Crippen molar-refractivity contribution in [2.24, 2.45) is 11.8 Å². The summed E-state index contributed by atoms with van der Waals surface area (Å²) in [7, 11) is -2.71. The largest absolute Gasteiger partial charge is 0.494 e. The van der Waals surface area contributed by atoms with Crippen molar-refractivity contribution in [1.82, 2.24) is 44.5 Å². The number of pyridine rings is 2. The molecule has 4 unspecified atom stereocenters. The maximum absolute atomic E-state index is 13.3. The van der Waals surface area contributed by atoms with Crippen LogP contribution in [-0.4, -0.2) is 129 Å². The number of nitrogen functional groups attached to an aromatic ring is 1. The minimum Gasteiger partial charge on any atom is -0.494 e. The highest BCUT2D eigenvalue weighted by molar-refractivity contribution is 6.76. The number of alkyl halides is 6. The van der Waals surface area contributed by atoms with Gasteiger partial charge in [-0.1, -0.05) is 70.8 Å². The van der Waals surface area contributed by atoms with Crippen molar-refractivity contribution in [1.29, 1.82) is 0 Å². The molecule has 456 valence electrons. The third kappa shape index (κ3) is 14.3. The topological polar surface area (TPSA) is 213 Å². The predicted octanol–water partition coefficient (Wildman–Crippen LogP) is 12.3. The first-order chi connectivity index (χ1) is 39.6. The van der Waals surface area contributed by atoms with E-state index in [0.717, 1.165) is 67.9 Å². The van der Waals surface area contributed by atoms with E-state index in [1.807, 2.05) is 6.92 Å². The molecule has 6 aromatic heterocycles. The molecule has 8 heterocycles. The Labute approximate surface area is 487 Å². The monoisotopic (exact) mass is 1210 g/mol. The molecule has 8 atom stereocenters. The van der Waals surface area contributed by atoms with E-state index in [9.17, 15) is 41.4 Å². The van der Waals surface area contributed by atoms with Gasteiger partial charge < -0.3 is 40.4 Å². The van der Waals surface area contributed by atoms with Crippen molar-refractivity contribution in [3.63, 3.8) is 0 Å². The molecule has 5 N–H and O–H groups in total. The van der Waals surface area contributed by atoms with Crippen LogP contribution in [0.5, 0.6) is 0 Å². The summed E-state index contributed by atoms with van der Waals surface area (Å²) in [5.41, 5.74) is 11.2. The molecule has 0 radical (unpaired) electrons. The summed E-state index contributed by atoms with van der Waals surface area (Å²) in [5, 5.41) is 31.9. The van der Waals surface area contributed by atoms with Gasteiger partial charge in [-0.15, -0.1) is 0 Å². The normalized spacial score (nSPS) is 21.6. The molecule has 0 aromatic carbocycles. The molecule has 6 aromatic rings. The lowest BCUT2D eigenvalue weighted by molar-refractivity contribution is -0.208. The van der Waals surface area contributed by atoms with E-state index in [0.29, 0.717) is 100 Å². The Morgan fingerprint density at radius 3 is 1.62 bits per heavy atom. The van der Waals surface area contributed by atoms with E-state index in [-0.39, 0.29) is 36.9 Å². The minimum absolute atomic E-state index is 0.0696. The maximum atomic E-state index is 13.3. The van der Waals surface area contributed by atoms with Crippen molar-refractivity contribution in [2.75, 3.05) is 43.9 Å². The van der Waals surface area contributed by atoms with E-state index in [1.54, 1.807) is 10.7 Å². The van der Waals surface area contributed by atoms with Crippen molar-refractivity contribution in [3.05, 3.63) is 89.5 Å². The first-order valence-electron chi connectivity index (χ1n) is 29.1. The van der Waals surface area contributed by atoms with E-state index in [1.165, 1.54) is 67.5 Å². The van der Waals surface area contributed by atoms with Gasteiger partial charge in [-0.05, 0) is 94.8 Å². The second kappa shape index (κ2) is 25.2. The van der Waals surface area contributed by atoms with Crippen LogP contribution in [0, 0.1) is 11.8 Å². The molecule has 0 amide bonds. The molecule has 2 aliphatic carbocycles. The Morgan fingerprint density at radius 2 is 1.18 bits per heavy atom. The summed E-state index contributed by atoms with van der Waals surface area (Å²) < 4.78 is 100. The molecule has 4 bridgehead atoms. The number of carbonyl (C=O) groups is 1. The van der Waals surface area contributed by atoms with Crippen LogP contribution in [0.1, 0.15) is 134 Å². The molecule has 2 saturated heterocycles. The number of nitrogens with zero attached hydrogens (tertiary/aromatic N) is 9. The summed E-state index contributed by atoms with van der Waals surface area (Å²) in [6.45, 7) is 23.9. The van der Waals surface area contributed by atoms with Crippen LogP contribution in [0.25, 0.3) is 39.3 Å². The van der Waals surface area contributed by atoms with E-state index in [4.69, 9.17) is 35.0 Å². The first-order valence-corrected chi connectivity index (χ1v) is 36.5. The first kappa shape index (κ1) is 62.7. The highest BCUT2D eigenvalue weighted by Gasteiger charge is 2.43. The summed E-state index contributed by atoms with van der Waals surface area (Å²) >= 11 is 0. The van der Waals surface area contributed by atoms with Crippen LogP contribution in [0.15, 0.2) is 55.6 Å². The van der Waals surface area contributed by atoms with Crippen molar-refractivity contribution in [3.8, 4) is 22.3 Å². The number of hydrogen-bond acceptors (Lipinski definition) is 15. The molecule has 2 aliphatic heterocycles. The van der Waals surface area contributed by atoms with Gasteiger partial charge in [0, 0.05) is 87.9 Å². The summed E-state index contributed by atoms with van der Waals surface area (Å²) in [6, 6.07) is 8.06. The number of nitrogens with one attached hydrogen (secondary N) is 1.